The summed E-state index contributed by atoms with van der Waals surface area (Å²) in [5.41, 5.74) is 0.0639. The van der Waals surface area contributed by atoms with Crippen LogP contribution in [0.3, 0.4) is 0 Å². The molecular weight excluding hydrogens is 200 g/mol. The van der Waals surface area contributed by atoms with Crippen molar-refractivity contribution in [2.75, 3.05) is 6.54 Å². The van der Waals surface area contributed by atoms with Gasteiger partial charge in [-0.25, -0.2) is 0 Å². The first kappa shape index (κ1) is 11.9. The van der Waals surface area contributed by atoms with E-state index in [0.717, 1.165) is 25.8 Å². The molecule has 16 heavy (non-hydrogen) atoms. The van der Waals surface area contributed by atoms with Crippen LogP contribution in [0, 0.1) is 0 Å². The lowest BCUT2D eigenvalue weighted by atomic mass is 9.83. The van der Waals surface area contributed by atoms with Gasteiger partial charge in [0.1, 0.15) is 0 Å². The van der Waals surface area contributed by atoms with Crippen molar-refractivity contribution in [3.63, 3.8) is 0 Å². The van der Waals surface area contributed by atoms with Crippen LogP contribution in [0.1, 0.15) is 58.3 Å². The second-order valence-corrected chi connectivity index (χ2v) is 5.61. The molecule has 1 aliphatic carbocycles. The molecule has 1 saturated heterocycles. The van der Waals surface area contributed by atoms with Crippen LogP contribution in [0.25, 0.3) is 0 Å². The van der Waals surface area contributed by atoms with Gasteiger partial charge >= 0.3 is 0 Å². The Morgan fingerprint density at radius 1 is 1.19 bits per heavy atom. The topological polar surface area (TPSA) is 41.1 Å². The summed E-state index contributed by atoms with van der Waals surface area (Å²) in [7, 11) is 0. The molecule has 3 nitrogen and oxygen atoms in total. The Balaban J connectivity index is 1.85. The van der Waals surface area contributed by atoms with Crippen molar-refractivity contribution < 1.29 is 4.79 Å². The fourth-order valence-electron chi connectivity index (χ4n) is 2.92. The quantitative estimate of drug-likeness (QED) is 0.753. The van der Waals surface area contributed by atoms with Crippen molar-refractivity contribution in [3.8, 4) is 0 Å². The molecule has 2 N–H and O–H groups in total. The van der Waals surface area contributed by atoms with Crippen molar-refractivity contribution in [3.05, 3.63) is 0 Å². The summed E-state index contributed by atoms with van der Waals surface area (Å²) in [6, 6.07) is 0.0625. The van der Waals surface area contributed by atoms with Crippen LogP contribution in [0.2, 0.25) is 0 Å². The maximum atomic E-state index is 12.1. The highest BCUT2D eigenvalue weighted by Crippen LogP contribution is 2.27. The molecule has 1 amide bonds. The lowest BCUT2D eigenvalue weighted by Gasteiger charge is -2.36. The SMILES string of the molecule is CC1(NC(=O)[C@H]2CCCCN2)CCCCC1. The van der Waals surface area contributed by atoms with Gasteiger partial charge in [0.25, 0.3) is 0 Å². The number of hydrogen-bond donors (Lipinski definition) is 2. The van der Waals surface area contributed by atoms with E-state index in [0.29, 0.717) is 0 Å². The molecule has 0 unspecified atom stereocenters. The van der Waals surface area contributed by atoms with Crippen LogP contribution >= 0.6 is 0 Å². The van der Waals surface area contributed by atoms with Crippen molar-refractivity contribution >= 4 is 5.91 Å². The molecule has 1 heterocycles. The molecule has 92 valence electrons. The van der Waals surface area contributed by atoms with E-state index in [-0.39, 0.29) is 17.5 Å². The third kappa shape index (κ3) is 2.97. The smallest absolute Gasteiger partial charge is 0.237 e. The summed E-state index contributed by atoms with van der Waals surface area (Å²) in [5.74, 6) is 0.226. The minimum atomic E-state index is 0.0625. The van der Waals surface area contributed by atoms with E-state index in [4.69, 9.17) is 0 Å². The number of carbonyl (C=O) groups excluding carboxylic acids is 1. The lowest BCUT2D eigenvalue weighted by molar-refractivity contribution is -0.125. The molecule has 0 aromatic rings. The maximum absolute atomic E-state index is 12.1. The first-order valence-electron chi connectivity index (χ1n) is 6.75. The molecule has 1 atom stereocenters. The average molecular weight is 224 g/mol. The molecule has 2 aliphatic rings. The van der Waals surface area contributed by atoms with Gasteiger partial charge < -0.3 is 10.6 Å². The van der Waals surface area contributed by atoms with Gasteiger partial charge in [-0.05, 0) is 39.2 Å². The molecule has 2 fully saturated rings. The van der Waals surface area contributed by atoms with E-state index in [9.17, 15) is 4.79 Å². The first-order valence-corrected chi connectivity index (χ1v) is 6.75. The number of piperidine rings is 1. The van der Waals surface area contributed by atoms with E-state index >= 15 is 0 Å². The third-order valence-corrected chi connectivity index (χ3v) is 4.01. The number of carbonyl (C=O) groups is 1. The number of rotatable bonds is 2. The molecule has 0 bridgehead atoms. The highest BCUT2D eigenvalue weighted by atomic mass is 16.2. The molecule has 3 heteroatoms. The van der Waals surface area contributed by atoms with Crippen LogP contribution in [0.15, 0.2) is 0 Å². The van der Waals surface area contributed by atoms with Gasteiger partial charge in [0, 0.05) is 5.54 Å². The van der Waals surface area contributed by atoms with Crippen molar-refractivity contribution in [2.24, 2.45) is 0 Å². The minimum Gasteiger partial charge on any atom is -0.350 e. The van der Waals surface area contributed by atoms with Gasteiger partial charge in [0.15, 0.2) is 0 Å². The van der Waals surface area contributed by atoms with Crippen LogP contribution < -0.4 is 10.6 Å². The van der Waals surface area contributed by atoms with Gasteiger partial charge in [-0.2, -0.15) is 0 Å². The first-order chi connectivity index (χ1) is 7.70. The molecule has 2 rings (SSSR count). The van der Waals surface area contributed by atoms with E-state index in [1.54, 1.807) is 0 Å². The third-order valence-electron chi connectivity index (χ3n) is 4.01. The largest absolute Gasteiger partial charge is 0.350 e. The Morgan fingerprint density at radius 3 is 2.56 bits per heavy atom. The van der Waals surface area contributed by atoms with E-state index in [1.165, 1.54) is 32.1 Å². The van der Waals surface area contributed by atoms with Gasteiger partial charge in [-0.1, -0.05) is 25.7 Å². The molecule has 1 saturated carbocycles. The van der Waals surface area contributed by atoms with Gasteiger partial charge in [-0.3, -0.25) is 4.79 Å². The van der Waals surface area contributed by atoms with E-state index in [1.807, 2.05) is 0 Å². The summed E-state index contributed by atoms with van der Waals surface area (Å²) in [5, 5.41) is 6.58. The minimum absolute atomic E-state index is 0.0625. The second kappa shape index (κ2) is 5.17. The highest BCUT2D eigenvalue weighted by molar-refractivity contribution is 5.82. The summed E-state index contributed by atoms with van der Waals surface area (Å²) in [6.07, 6.45) is 9.53. The van der Waals surface area contributed by atoms with Crippen molar-refractivity contribution in [1.29, 1.82) is 0 Å². The molecule has 1 aliphatic heterocycles. The summed E-state index contributed by atoms with van der Waals surface area (Å²) < 4.78 is 0. The van der Waals surface area contributed by atoms with E-state index < -0.39 is 0 Å². The van der Waals surface area contributed by atoms with Crippen molar-refractivity contribution in [1.82, 2.24) is 10.6 Å². The normalized spacial score (nSPS) is 29.7. The Labute approximate surface area is 98.4 Å². The lowest BCUT2D eigenvalue weighted by Crippen LogP contribution is -2.55. The van der Waals surface area contributed by atoms with Crippen LogP contribution in [0.5, 0.6) is 0 Å². The zero-order valence-electron chi connectivity index (χ0n) is 10.3. The van der Waals surface area contributed by atoms with Gasteiger partial charge in [0.05, 0.1) is 6.04 Å². The fraction of sp³-hybridized carbons (Fsp3) is 0.923. The summed E-state index contributed by atoms with van der Waals surface area (Å²) >= 11 is 0. The number of amides is 1. The Bertz CT molecular complexity index is 240. The molecule has 0 aromatic heterocycles. The summed E-state index contributed by atoms with van der Waals surface area (Å²) in [6.45, 7) is 3.20. The average Bonchev–Trinajstić information content (AvgIpc) is 2.30. The fourth-order valence-corrected chi connectivity index (χ4v) is 2.92. The standard InChI is InChI=1S/C13H24N2O/c1-13(8-4-2-5-9-13)15-12(16)11-7-3-6-10-14-11/h11,14H,2-10H2,1H3,(H,15,16)/t11-/m1/s1. The monoisotopic (exact) mass is 224 g/mol. The molecular formula is C13H24N2O. The Hall–Kier alpha value is -0.570. The molecule has 0 radical (unpaired) electrons. The van der Waals surface area contributed by atoms with Gasteiger partial charge in [-0.15, -0.1) is 0 Å². The summed E-state index contributed by atoms with van der Waals surface area (Å²) in [4.78, 5) is 12.1. The van der Waals surface area contributed by atoms with Crippen molar-refractivity contribution in [2.45, 2.75) is 69.9 Å². The molecule has 0 aromatic carbocycles. The zero-order chi connectivity index (χ0) is 11.4. The predicted molar refractivity (Wildman–Crippen MR) is 65.3 cm³/mol. The number of nitrogens with one attached hydrogen (secondary N) is 2. The second-order valence-electron chi connectivity index (χ2n) is 5.61. The van der Waals surface area contributed by atoms with E-state index in [2.05, 4.69) is 17.6 Å². The number of hydrogen-bond acceptors (Lipinski definition) is 2. The Kier molecular flexibility index (Phi) is 3.85. The van der Waals surface area contributed by atoms with Gasteiger partial charge in [0.2, 0.25) is 5.91 Å². The van der Waals surface area contributed by atoms with Crippen LogP contribution in [-0.2, 0) is 4.79 Å². The van der Waals surface area contributed by atoms with Crippen LogP contribution in [0.4, 0.5) is 0 Å². The molecule has 0 spiro atoms. The predicted octanol–water partition coefficient (Wildman–Crippen LogP) is 1.97. The van der Waals surface area contributed by atoms with Crippen LogP contribution in [-0.4, -0.2) is 24.0 Å². The highest BCUT2D eigenvalue weighted by Gasteiger charge is 2.31. The maximum Gasteiger partial charge on any atom is 0.237 e. The Morgan fingerprint density at radius 2 is 1.94 bits per heavy atom. The zero-order valence-corrected chi connectivity index (χ0v) is 10.3.